The average Bonchev–Trinajstić information content (AvgIpc) is 0.803. The molecular weight excluding hydrogens is 1300 g/mol. The van der Waals surface area contributed by atoms with Crippen LogP contribution in [0, 0.1) is 74.0 Å². The minimum Gasteiger partial charge on any atom is -0.488 e. The van der Waals surface area contributed by atoms with Gasteiger partial charge in [-0.3, -0.25) is 0 Å². The molecule has 0 aromatic heterocycles. The first-order valence-corrected chi connectivity index (χ1v) is 38.0. The number of rotatable bonds is 19. The van der Waals surface area contributed by atoms with Gasteiger partial charge in [0.1, 0.15) is 14.7 Å². The number of piperidine rings is 2. The van der Waals surface area contributed by atoms with E-state index in [0.717, 1.165) is 19.1 Å². The molecule has 87 heavy (non-hydrogen) atoms. The Balaban J connectivity index is 0.000000347. The molecule has 0 spiro atoms. The number of sulfone groups is 6. The predicted molar refractivity (Wildman–Crippen MR) is 312 cm³/mol. The van der Waals surface area contributed by atoms with Gasteiger partial charge in [-0.1, -0.05) is 83.1 Å². The molecule has 0 bridgehead atoms. The number of anilines is 2. The average molecular weight is 1380 g/mol. The van der Waals surface area contributed by atoms with Gasteiger partial charge in [0, 0.05) is 44.9 Å². The van der Waals surface area contributed by atoms with E-state index in [-0.39, 0.29) is 39.5 Å². The number of halogens is 9. The largest absolute Gasteiger partial charge is 0.488 e. The summed E-state index contributed by atoms with van der Waals surface area (Å²) in [4.78, 5) is -1.21. The van der Waals surface area contributed by atoms with Crippen molar-refractivity contribution in [3.8, 4) is 23.0 Å². The highest BCUT2D eigenvalue weighted by molar-refractivity contribution is 8.08. The monoisotopic (exact) mass is 1370 g/mol. The highest BCUT2D eigenvalue weighted by Crippen LogP contribution is 2.47. The fraction of sp³-hybridized carbons (Fsp3) is 0.667. The molecule has 0 atom stereocenters. The van der Waals surface area contributed by atoms with E-state index in [1.54, 1.807) is 41.5 Å². The fourth-order valence-electron chi connectivity index (χ4n) is 8.14. The Morgan fingerprint density at radius 2 is 0.540 bits per heavy atom. The lowest BCUT2D eigenvalue weighted by atomic mass is 9.98. The summed E-state index contributed by atoms with van der Waals surface area (Å²) in [6.07, 6.45) is 6.16. The molecule has 0 saturated carbocycles. The van der Waals surface area contributed by atoms with Crippen LogP contribution in [-0.4, -0.2) is 137 Å². The van der Waals surface area contributed by atoms with E-state index in [9.17, 15) is 76.8 Å². The number of nitrogens with zero attached hydrogens (tertiary/aromatic N) is 2. The van der Waals surface area contributed by atoms with Crippen molar-refractivity contribution in [3.63, 3.8) is 0 Å². The molecule has 2 aliphatic heterocycles. The summed E-state index contributed by atoms with van der Waals surface area (Å²) in [5.41, 5.74) is -3.09. The standard InChI is InChI=1S/C23H37F2NO6S2.C18H26F3NO5S2.C13H16F4O5S2/c1-22(2,3)13-31-19-16(24)18(26-11-9-8-10-12-26)21(34(29,30)15-33(7,27)28)20(17(19)25)32-14-23(4,5)6;1-18(2,3)10-27-16-12(19)13(20)17(29(25,26)11-28(4,23)24)15(14(16)21)22-8-6-5-7-9-22;1-13(2,3)5-22-11-7(14)9(16)12(10(17)8(11)15)24(20,21)6-23(4,18)19/h8-15H2,1-7H3;5-11H2,1-4H3;5-6H2,1-4H3. The molecular formula is C54H79F9N2O16S6. The van der Waals surface area contributed by atoms with Crippen molar-refractivity contribution in [1.29, 1.82) is 0 Å². The quantitative estimate of drug-likeness (QED) is 0.0799. The van der Waals surface area contributed by atoms with Crippen LogP contribution in [0.25, 0.3) is 0 Å². The third-order valence-electron chi connectivity index (χ3n) is 11.6. The molecule has 3 aromatic carbocycles. The molecule has 2 aliphatic rings. The van der Waals surface area contributed by atoms with Crippen LogP contribution in [0.15, 0.2) is 14.7 Å². The van der Waals surface area contributed by atoms with Gasteiger partial charge in [-0.25, -0.2) is 72.5 Å². The Morgan fingerprint density at radius 3 is 0.828 bits per heavy atom. The third kappa shape index (κ3) is 22.5. The lowest BCUT2D eigenvalue weighted by Crippen LogP contribution is -2.33. The summed E-state index contributed by atoms with van der Waals surface area (Å²) >= 11 is 0. The van der Waals surface area contributed by atoms with E-state index in [1.165, 1.54) is 9.80 Å². The molecule has 0 amide bonds. The minimum atomic E-state index is -5.16. The van der Waals surface area contributed by atoms with Gasteiger partial charge in [0.15, 0.2) is 126 Å². The molecule has 500 valence electrons. The highest BCUT2D eigenvalue weighted by Gasteiger charge is 2.42. The molecule has 2 fully saturated rings. The van der Waals surface area contributed by atoms with Crippen molar-refractivity contribution in [2.24, 2.45) is 21.7 Å². The Labute approximate surface area is 506 Å². The molecule has 0 unspecified atom stereocenters. The summed E-state index contributed by atoms with van der Waals surface area (Å²) in [5, 5.41) is -4.46. The predicted octanol–water partition coefficient (Wildman–Crippen LogP) is 10.3. The summed E-state index contributed by atoms with van der Waals surface area (Å²) in [6.45, 7) is 21.6. The van der Waals surface area contributed by atoms with Gasteiger partial charge in [0.2, 0.25) is 23.3 Å². The molecule has 5 rings (SSSR count). The van der Waals surface area contributed by atoms with Crippen molar-refractivity contribution in [3.05, 3.63) is 52.4 Å². The maximum Gasteiger partial charge on any atom is 0.211 e. The van der Waals surface area contributed by atoms with Gasteiger partial charge in [-0.2, -0.15) is 17.6 Å². The zero-order chi connectivity index (χ0) is 67.4. The van der Waals surface area contributed by atoms with E-state index in [2.05, 4.69) is 0 Å². The van der Waals surface area contributed by atoms with Crippen LogP contribution >= 0.6 is 0 Å². The van der Waals surface area contributed by atoms with Crippen molar-refractivity contribution in [2.75, 3.05) is 96.4 Å². The van der Waals surface area contributed by atoms with Crippen LogP contribution in [0.5, 0.6) is 23.0 Å². The summed E-state index contributed by atoms with van der Waals surface area (Å²) < 4.78 is 298. The van der Waals surface area contributed by atoms with Crippen molar-refractivity contribution in [1.82, 2.24) is 0 Å². The zero-order valence-corrected chi connectivity index (χ0v) is 56.2. The first kappa shape index (κ1) is 76.8. The first-order chi connectivity index (χ1) is 39.0. The van der Waals surface area contributed by atoms with Gasteiger partial charge in [0.25, 0.3) is 0 Å². The van der Waals surface area contributed by atoms with Crippen LogP contribution in [-0.2, 0) is 59.0 Å². The minimum absolute atomic E-state index is 0.0333. The molecule has 0 N–H and O–H groups in total. The SMILES string of the molecule is CC(C)(C)COc1c(F)c(F)c(S(=O)(=O)CS(C)(=O)=O)c(F)c1F.CC(C)(C)COc1c(F)c(F)c(S(=O)(=O)CS(C)(=O)=O)c(N2CCCCC2)c1F.CC(C)(C)COc1c(F)c(OCC(C)(C)C)c(S(=O)(=O)CS(C)(=O)=O)c(N2CCCCC2)c1F. The molecule has 33 heteroatoms. The van der Waals surface area contributed by atoms with Crippen LogP contribution in [0.2, 0.25) is 0 Å². The second-order valence-electron chi connectivity index (χ2n) is 26.3. The number of ether oxygens (including phenoxy) is 4. The van der Waals surface area contributed by atoms with E-state index in [4.69, 9.17) is 18.9 Å². The Kier molecular flexibility index (Phi) is 25.0. The molecule has 3 aromatic rings. The topological polar surface area (TPSA) is 248 Å². The molecule has 18 nitrogen and oxygen atoms in total. The summed E-state index contributed by atoms with van der Waals surface area (Å²) in [5.74, 6) is -19.8. The van der Waals surface area contributed by atoms with Gasteiger partial charge in [-0.05, 0) is 60.2 Å². The maximum absolute atomic E-state index is 15.9. The molecule has 0 radical (unpaired) electrons. The van der Waals surface area contributed by atoms with Crippen molar-refractivity contribution >= 4 is 70.4 Å². The maximum atomic E-state index is 15.9. The van der Waals surface area contributed by atoms with Crippen LogP contribution in [0.3, 0.4) is 0 Å². The van der Waals surface area contributed by atoms with E-state index in [1.807, 2.05) is 41.5 Å². The second kappa shape index (κ2) is 28.4. The van der Waals surface area contributed by atoms with Crippen molar-refractivity contribution < 1.29 is 109 Å². The smallest absolute Gasteiger partial charge is 0.211 e. The van der Waals surface area contributed by atoms with Crippen LogP contribution in [0.1, 0.15) is 122 Å². The highest BCUT2D eigenvalue weighted by atomic mass is 32.3. The first-order valence-electron chi connectivity index (χ1n) is 26.9. The van der Waals surface area contributed by atoms with Crippen LogP contribution in [0.4, 0.5) is 50.9 Å². The van der Waals surface area contributed by atoms with Gasteiger partial charge >= 0.3 is 0 Å². The third-order valence-corrected chi connectivity index (χ3v) is 23.4. The second-order valence-corrected chi connectivity index (χ2v) is 39.6. The number of benzene rings is 3. The van der Waals surface area contributed by atoms with E-state index in [0.29, 0.717) is 51.3 Å². The Hall–Kier alpha value is -4.47. The lowest BCUT2D eigenvalue weighted by molar-refractivity contribution is 0.168. The van der Waals surface area contributed by atoms with Gasteiger partial charge in [0.05, 0.1) is 37.8 Å². The molecule has 2 saturated heterocycles. The summed E-state index contributed by atoms with van der Waals surface area (Å²) in [7, 11) is -27.1. The van der Waals surface area contributed by atoms with Crippen LogP contribution < -0.4 is 28.7 Å². The van der Waals surface area contributed by atoms with E-state index < -0.39 is 197 Å². The number of hydrogen-bond acceptors (Lipinski definition) is 18. The Morgan fingerprint density at radius 1 is 0.310 bits per heavy atom. The van der Waals surface area contributed by atoms with Crippen molar-refractivity contribution in [2.45, 2.75) is 136 Å². The lowest BCUT2D eigenvalue weighted by Gasteiger charge is -2.33. The molecule has 2 heterocycles. The van der Waals surface area contributed by atoms with Gasteiger partial charge < -0.3 is 28.7 Å². The Bertz CT molecular complexity index is 3670. The fourth-order valence-corrected chi connectivity index (χ4v) is 18.9. The zero-order valence-electron chi connectivity index (χ0n) is 51.3. The molecule has 0 aliphatic carbocycles. The van der Waals surface area contributed by atoms with E-state index >= 15 is 13.2 Å². The number of hydrogen-bond donors (Lipinski definition) is 0. The van der Waals surface area contributed by atoms with Gasteiger partial charge in [-0.15, -0.1) is 0 Å². The normalized spacial score (nSPS) is 15.3. The summed E-state index contributed by atoms with van der Waals surface area (Å²) in [6, 6.07) is 0.